The summed E-state index contributed by atoms with van der Waals surface area (Å²) >= 11 is 12.0. The Morgan fingerprint density at radius 3 is 2.64 bits per heavy atom. The van der Waals surface area contributed by atoms with E-state index in [0.717, 1.165) is 11.1 Å². The minimum absolute atomic E-state index is 0.0826. The largest absolute Gasteiger partial charge is 0.329 e. The van der Waals surface area contributed by atoms with Crippen LogP contribution >= 0.6 is 23.2 Å². The van der Waals surface area contributed by atoms with E-state index in [1.165, 1.54) is 0 Å². The highest BCUT2D eigenvalue weighted by atomic mass is 35.5. The monoisotopic (exact) mass is 377 g/mol. The Balaban J connectivity index is 1.75. The number of rotatable bonds is 3. The Kier molecular flexibility index (Phi) is 4.62. The number of urea groups is 1. The highest BCUT2D eigenvalue weighted by Gasteiger charge is 2.25. The summed E-state index contributed by atoms with van der Waals surface area (Å²) in [5.41, 5.74) is 2.23. The predicted molar refractivity (Wildman–Crippen MR) is 100 cm³/mol. The Morgan fingerprint density at radius 1 is 1.16 bits per heavy atom. The van der Waals surface area contributed by atoms with Crippen molar-refractivity contribution in [3.8, 4) is 0 Å². The molecule has 2 aromatic rings. The summed E-state index contributed by atoms with van der Waals surface area (Å²) in [7, 11) is 0. The van der Waals surface area contributed by atoms with E-state index in [4.69, 9.17) is 23.2 Å². The molecule has 2 aromatic carbocycles. The van der Waals surface area contributed by atoms with E-state index in [-0.39, 0.29) is 11.9 Å². The number of anilines is 2. The number of halogens is 2. The minimum atomic E-state index is -0.667. The minimum Gasteiger partial charge on any atom is -0.329 e. The van der Waals surface area contributed by atoms with Crippen LogP contribution in [0.25, 0.3) is 0 Å². The third kappa shape index (κ3) is 3.72. The molecule has 0 atom stereocenters. The summed E-state index contributed by atoms with van der Waals surface area (Å²) in [5.74, 6) is -0.0826. The standard InChI is InChI=1S/C18H17Cl2N3O2/c1-18(2,11-6-7-12(19)13(20)9-11)23-17(25)21-14-5-3-4-10-8-15(24)22-16(10)14/h3-7,9H,8H2,1-2H3,(H,22,24)(H2,21,23,25). The zero-order valence-corrected chi connectivity index (χ0v) is 15.3. The van der Waals surface area contributed by atoms with Gasteiger partial charge in [-0.3, -0.25) is 4.79 Å². The number of amides is 3. The topological polar surface area (TPSA) is 70.2 Å². The van der Waals surface area contributed by atoms with Gasteiger partial charge in [-0.2, -0.15) is 0 Å². The first-order valence-corrected chi connectivity index (χ1v) is 8.48. The van der Waals surface area contributed by atoms with E-state index in [2.05, 4.69) is 16.0 Å². The maximum absolute atomic E-state index is 12.4. The lowest BCUT2D eigenvalue weighted by Gasteiger charge is -2.27. The van der Waals surface area contributed by atoms with Crippen LogP contribution in [0.2, 0.25) is 10.0 Å². The molecule has 3 N–H and O–H groups in total. The quantitative estimate of drug-likeness (QED) is 0.734. The second-order valence-electron chi connectivity index (χ2n) is 6.40. The molecule has 5 nitrogen and oxygen atoms in total. The first-order chi connectivity index (χ1) is 11.8. The van der Waals surface area contributed by atoms with Gasteiger partial charge >= 0.3 is 6.03 Å². The second-order valence-corrected chi connectivity index (χ2v) is 7.21. The van der Waals surface area contributed by atoms with Gasteiger partial charge in [0, 0.05) is 0 Å². The zero-order chi connectivity index (χ0) is 18.2. The van der Waals surface area contributed by atoms with E-state index in [1.807, 2.05) is 26.0 Å². The molecule has 3 rings (SSSR count). The molecule has 3 amide bonds. The van der Waals surface area contributed by atoms with Gasteiger partial charge in [-0.1, -0.05) is 41.4 Å². The van der Waals surface area contributed by atoms with E-state index in [1.54, 1.807) is 24.3 Å². The number of hydrogen-bond donors (Lipinski definition) is 3. The molecule has 0 saturated carbocycles. The Hall–Kier alpha value is -2.24. The SMILES string of the molecule is CC(C)(NC(=O)Nc1cccc2c1NC(=O)C2)c1ccc(Cl)c(Cl)c1. The van der Waals surface area contributed by atoms with Crippen molar-refractivity contribution in [3.05, 3.63) is 57.6 Å². The van der Waals surface area contributed by atoms with Crippen molar-refractivity contribution in [1.82, 2.24) is 5.32 Å². The molecule has 1 aliphatic heterocycles. The fourth-order valence-electron chi connectivity index (χ4n) is 2.75. The van der Waals surface area contributed by atoms with Crippen LogP contribution < -0.4 is 16.0 Å². The summed E-state index contributed by atoms with van der Waals surface area (Å²) in [6, 6.07) is 10.3. The molecule has 1 heterocycles. The number of carbonyl (C=O) groups is 2. The second kappa shape index (κ2) is 6.58. The molecule has 0 spiro atoms. The Bertz CT molecular complexity index is 865. The number of benzene rings is 2. The van der Waals surface area contributed by atoms with E-state index < -0.39 is 5.54 Å². The van der Waals surface area contributed by atoms with Crippen molar-refractivity contribution in [1.29, 1.82) is 0 Å². The molecule has 0 saturated heterocycles. The fraction of sp³-hybridized carbons (Fsp3) is 0.222. The first kappa shape index (κ1) is 17.6. The van der Waals surface area contributed by atoms with E-state index in [0.29, 0.717) is 27.8 Å². The molecule has 7 heteroatoms. The van der Waals surface area contributed by atoms with Gasteiger partial charge in [-0.15, -0.1) is 0 Å². The third-order valence-corrected chi connectivity index (χ3v) is 4.82. The first-order valence-electron chi connectivity index (χ1n) is 7.73. The molecule has 0 unspecified atom stereocenters. The van der Waals surface area contributed by atoms with Gasteiger partial charge in [0.05, 0.1) is 33.4 Å². The molecule has 25 heavy (non-hydrogen) atoms. The average Bonchev–Trinajstić information content (AvgIpc) is 2.90. The van der Waals surface area contributed by atoms with Crippen LogP contribution in [0.4, 0.5) is 16.2 Å². The molecular weight excluding hydrogens is 361 g/mol. The van der Waals surface area contributed by atoms with Crippen molar-refractivity contribution >= 4 is 46.5 Å². The molecule has 0 aromatic heterocycles. The van der Waals surface area contributed by atoms with Crippen LogP contribution in [0.1, 0.15) is 25.0 Å². The smallest absolute Gasteiger partial charge is 0.319 e. The lowest BCUT2D eigenvalue weighted by molar-refractivity contribution is -0.115. The number of hydrogen-bond acceptors (Lipinski definition) is 2. The highest BCUT2D eigenvalue weighted by molar-refractivity contribution is 6.42. The van der Waals surface area contributed by atoms with Crippen molar-refractivity contribution in [2.24, 2.45) is 0 Å². The van der Waals surface area contributed by atoms with Gasteiger partial charge in [0.15, 0.2) is 0 Å². The summed E-state index contributed by atoms with van der Waals surface area (Å²) in [6.45, 7) is 3.73. The number of fused-ring (bicyclic) bond motifs is 1. The molecular formula is C18H17Cl2N3O2. The van der Waals surface area contributed by atoms with Crippen molar-refractivity contribution < 1.29 is 9.59 Å². The van der Waals surface area contributed by atoms with Gasteiger partial charge in [0.2, 0.25) is 5.91 Å². The highest BCUT2D eigenvalue weighted by Crippen LogP contribution is 2.32. The molecule has 0 bridgehead atoms. The average molecular weight is 378 g/mol. The number of para-hydroxylation sites is 1. The lowest BCUT2D eigenvalue weighted by atomic mass is 9.94. The van der Waals surface area contributed by atoms with Crippen LogP contribution in [0.15, 0.2) is 36.4 Å². The summed E-state index contributed by atoms with van der Waals surface area (Å²) in [4.78, 5) is 24.0. The van der Waals surface area contributed by atoms with Gasteiger partial charge < -0.3 is 16.0 Å². The molecule has 1 aliphatic rings. The van der Waals surface area contributed by atoms with Crippen LogP contribution in [0, 0.1) is 0 Å². The van der Waals surface area contributed by atoms with Crippen molar-refractivity contribution in [2.75, 3.05) is 10.6 Å². The van der Waals surface area contributed by atoms with Crippen LogP contribution in [0.5, 0.6) is 0 Å². The van der Waals surface area contributed by atoms with Crippen LogP contribution in [-0.4, -0.2) is 11.9 Å². The Labute approximate surface area is 155 Å². The summed E-state index contributed by atoms with van der Waals surface area (Å²) in [6.07, 6.45) is 0.321. The van der Waals surface area contributed by atoms with Crippen LogP contribution in [-0.2, 0) is 16.8 Å². The van der Waals surface area contributed by atoms with Gasteiger partial charge in [-0.25, -0.2) is 4.79 Å². The molecule has 0 aliphatic carbocycles. The molecule has 0 fully saturated rings. The molecule has 0 radical (unpaired) electrons. The van der Waals surface area contributed by atoms with Crippen LogP contribution in [0.3, 0.4) is 0 Å². The molecule has 130 valence electrons. The Morgan fingerprint density at radius 2 is 1.92 bits per heavy atom. The predicted octanol–water partition coefficient (Wildman–Crippen LogP) is 4.54. The van der Waals surface area contributed by atoms with E-state index in [9.17, 15) is 9.59 Å². The van der Waals surface area contributed by atoms with Gasteiger partial charge in [0.1, 0.15) is 0 Å². The number of carbonyl (C=O) groups excluding carboxylic acids is 2. The van der Waals surface area contributed by atoms with Crippen molar-refractivity contribution in [3.63, 3.8) is 0 Å². The van der Waals surface area contributed by atoms with Gasteiger partial charge in [0.25, 0.3) is 0 Å². The normalized spacial score (nSPS) is 13.2. The third-order valence-electron chi connectivity index (χ3n) is 4.08. The fourth-order valence-corrected chi connectivity index (χ4v) is 3.05. The van der Waals surface area contributed by atoms with Gasteiger partial charge in [-0.05, 0) is 43.2 Å². The number of nitrogens with one attached hydrogen (secondary N) is 3. The maximum atomic E-state index is 12.4. The van der Waals surface area contributed by atoms with E-state index >= 15 is 0 Å². The van der Waals surface area contributed by atoms with Crippen molar-refractivity contribution in [2.45, 2.75) is 25.8 Å². The summed E-state index contributed by atoms with van der Waals surface area (Å²) < 4.78 is 0. The summed E-state index contributed by atoms with van der Waals surface area (Å²) in [5, 5.41) is 9.35. The lowest BCUT2D eigenvalue weighted by Crippen LogP contribution is -2.43. The zero-order valence-electron chi connectivity index (χ0n) is 13.7. The maximum Gasteiger partial charge on any atom is 0.319 e.